The zero-order valence-corrected chi connectivity index (χ0v) is 16.9. The Morgan fingerprint density at radius 3 is 1.26 bits per heavy atom. The van der Waals surface area contributed by atoms with E-state index in [-0.39, 0.29) is 0 Å². The third-order valence-corrected chi connectivity index (χ3v) is 6.56. The minimum Gasteiger partial charge on any atom is -0.354 e. The van der Waals surface area contributed by atoms with Crippen LogP contribution in [0.2, 0.25) is 0 Å². The molecule has 0 unspecified atom stereocenters. The van der Waals surface area contributed by atoms with Gasteiger partial charge in [0.2, 0.25) is 0 Å². The molecule has 0 aliphatic carbocycles. The molecule has 0 fully saturated rings. The summed E-state index contributed by atoms with van der Waals surface area (Å²) in [6, 6.07) is 39.4. The Hall–Kier alpha value is -4.10. The van der Waals surface area contributed by atoms with Crippen LogP contribution < -0.4 is 0 Å². The van der Waals surface area contributed by atoms with Crippen LogP contribution in [0.5, 0.6) is 0 Å². The van der Waals surface area contributed by atoms with Crippen LogP contribution in [-0.2, 0) is 0 Å². The monoisotopic (exact) mass is 393 g/mol. The van der Waals surface area contributed by atoms with Crippen molar-refractivity contribution in [3.63, 3.8) is 0 Å². The van der Waals surface area contributed by atoms with Gasteiger partial charge in [-0.2, -0.15) is 0 Å². The number of hydrogen-bond acceptors (Lipinski definition) is 0. The van der Waals surface area contributed by atoms with Crippen LogP contribution >= 0.6 is 0 Å². The highest BCUT2D eigenvalue weighted by molar-refractivity contribution is 6.37. The Balaban J connectivity index is 1.80. The predicted molar refractivity (Wildman–Crippen MR) is 133 cm³/mol. The molecule has 1 heteroatoms. The molecule has 0 spiro atoms. The Labute approximate surface area is 179 Å². The van der Waals surface area contributed by atoms with Gasteiger partial charge in [0.15, 0.2) is 0 Å². The van der Waals surface area contributed by atoms with Gasteiger partial charge in [-0.3, -0.25) is 0 Å². The van der Waals surface area contributed by atoms with Gasteiger partial charge in [0.1, 0.15) is 0 Å². The van der Waals surface area contributed by atoms with Gasteiger partial charge in [0, 0.05) is 21.8 Å². The number of aromatic amines is 1. The van der Waals surface area contributed by atoms with Crippen molar-refractivity contribution in [1.29, 1.82) is 0 Å². The Morgan fingerprint density at radius 1 is 0.355 bits per heavy atom. The standard InChI is InChI=1S/C30H19N/c1-3-9-19(10-4-1)21-17-18-22(20-11-5-2-6-12-20)28-24-14-8-16-26-30(24)29-23(27(21)28)13-7-15-25(29)31-26/h1-18,31H. The van der Waals surface area contributed by atoms with Gasteiger partial charge in [0.05, 0.1) is 0 Å². The number of rotatable bonds is 2. The summed E-state index contributed by atoms with van der Waals surface area (Å²) in [4.78, 5) is 3.65. The summed E-state index contributed by atoms with van der Waals surface area (Å²) in [6.07, 6.45) is 0. The second kappa shape index (κ2) is 6.20. The average Bonchev–Trinajstić information content (AvgIpc) is 3.23. The number of aromatic nitrogens is 1. The molecule has 144 valence electrons. The maximum Gasteiger partial charge on any atom is 0.0471 e. The molecule has 7 rings (SSSR count). The van der Waals surface area contributed by atoms with Crippen molar-refractivity contribution in [3.05, 3.63) is 109 Å². The van der Waals surface area contributed by atoms with E-state index in [2.05, 4.69) is 114 Å². The van der Waals surface area contributed by atoms with Crippen LogP contribution in [0.25, 0.3) is 65.6 Å². The van der Waals surface area contributed by atoms with Crippen molar-refractivity contribution >= 4 is 43.4 Å². The SMILES string of the molecule is c1ccc(-c2ccc(-c3ccccc3)c3c4cccc5[nH]c6cccc(c23)c6c54)cc1. The molecular formula is C30H19N. The van der Waals surface area contributed by atoms with Gasteiger partial charge in [-0.25, -0.2) is 0 Å². The highest BCUT2D eigenvalue weighted by atomic mass is 14.7. The second-order valence-corrected chi connectivity index (χ2v) is 8.22. The number of nitrogens with one attached hydrogen (secondary N) is 1. The Kier molecular flexibility index (Phi) is 3.33. The van der Waals surface area contributed by atoms with Crippen LogP contribution in [-0.4, -0.2) is 4.98 Å². The number of benzene rings is 6. The lowest BCUT2D eigenvalue weighted by molar-refractivity contribution is 1.55. The maximum atomic E-state index is 3.65. The molecule has 0 amide bonds. The largest absolute Gasteiger partial charge is 0.354 e. The fourth-order valence-corrected chi connectivity index (χ4v) is 5.29. The molecule has 0 aliphatic rings. The smallest absolute Gasteiger partial charge is 0.0471 e. The lowest BCUT2D eigenvalue weighted by atomic mass is 9.85. The molecular weight excluding hydrogens is 374 g/mol. The third kappa shape index (κ3) is 2.26. The Bertz CT molecular complexity index is 1580. The molecule has 6 aromatic carbocycles. The fourth-order valence-electron chi connectivity index (χ4n) is 5.29. The van der Waals surface area contributed by atoms with Crippen molar-refractivity contribution in [3.8, 4) is 22.3 Å². The molecule has 7 aromatic rings. The minimum atomic E-state index is 1.20. The first kappa shape index (κ1) is 16.7. The van der Waals surface area contributed by atoms with E-state index in [1.54, 1.807) is 0 Å². The lowest BCUT2D eigenvalue weighted by Gasteiger charge is -2.17. The summed E-state index contributed by atoms with van der Waals surface area (Å²) in [6.45, 7) is 0. The summed E-state index contributed by atoms with van der Waals surface area (Å²) in [5, 5.41) is 7.96. The second-order valence-electron chi connectivity index (χ2n) is 8.22. The van der Waals surface area contributed by atoms with Gasteiger partial charge < -0.3 is 4.98 Å². The van der Waals surface area contributed by atoms with Crippen molar-refractivity contribution in [1.82, 2.24) is 4.98 Å². The van der Waals surface area contributed by atoms with Crippen LogP contribution in [0.15, 0.2) is 109 Å². The van der Waals surface area contributed by atoms with Gasteiger partial charge in [-0.05, 0) is 55.9 Å². The summed E-state index contributed by atoms with van der Waals surface area (Å²) >= 11 is 0. The molecule has 1 N–H and O–H groups in total. The summed E-state index contributed by atoms with van der Waals surface area (Å²) in [7, 11) is 0. The van der Waals surface area contributed by atoms with Gasteiger partial charge in [0.25, 0.3) is 0 Å². The number of H-pyrrole nitrogens is 1. The van der Waals surface area contributed by atoms with E-state index >= 15 is 0 Å². The molecule has 31 heavy (non-hydrogen) atoms. The molecule has 0 saturated carbocycles. The average molecular weight is 393 g/mol. The first-order valence-electron chi connectivity index (χ1n) is 10.7. The van der Waals surface area contributed by atoms with E-state index in [4.69, 9.17) is 0 Å². The third-order valence-electron chi connectivity index (χ3n) is 6.56. The molecule has 0 saturated heterocycles. The molecule has 0 aliphatic heterocycles. The van der Waals surface area contributed by atoms with Crippen molar-refractivity contribution in [2.45, 2.75) is 0 Å². The van der Waals surface area contributed by atoms with Crippen LogP contribution in [0.4, 0.5) is 0 Å². The maximum absolute atomic E-state index is 3.65. The lowest BCUT2D eigenvalue weighted by Crippen LogP contribution is -1.90. The predicted octanol–water partition coefficient (Wildman–Crippen LogP) is 8.40. The molecule has 0 radical (unpaired) electrons. The first-order chi connectivity index (χ1) is 15.4. The van der Waals surface area contributed by atoms with E-state index in [9.17, 15) is 0 Å². The van der Waals surface area contributed by atoms with E-state index in [1.807, 2.05) is 0 Å². The summed E-state index contributed by atoms with van der Waals surface area (Å²) in [5.41, 5.74) is 7.48. The molecule has 1 aromatic heterocycles. The van der Waals surface area contributed by atoms with Crippen molar-refractivity contribution in [2.24, 2.45) is 0 Å². The normalized spacial score (nSPS) is 11.9. The van der Waals surface area contributed by atoms with Gasteiger partial charge >= 0.3 is 0 Å². The molecule has 1 nitrogen and oxygen atoms in total. The number of fused-ring (bicyclic) bond motifs is 3. The molecule has 0 atom stereocenters. The topological polar surface area (TPSA) is 15.8 Å². The fraction of sp³-hybridized carbons (Fsp3) is 0. The first-order valence-corrected chi connectivity index (χ1v) is 10.7. The summed E-state index contributed by atoms with van der Waals surface area (Å²) in [5.74, 6) is 0. The zero-order valence-electron chi connectivity index (χ0n) is 16.9. The van der Waals surface area contributed by atoms with E-state index in [0.717, 1.165) is 0 Å². The Morgan fingerprint density at radius 2 is 0.806 bits per heavy atom. The van der Waals surface area contributed by atoms with Crippen LogP contribution in [0, 0.1) is 0 Å². The van der Waals surface area contributed by atoms with Crippen molar-refractivity contribution < 1.29 is 0 Å². The number of hydrogen-bond donors (Lipinski definition) is 1. The minimum absolute atomic E-state index is 1.20. The highest BCUT2D eigenvalue weighted by Gasteiger charge is 2.20. The zero-order chi connectivity index (χ0) is 20.4. The highest BCUT2D eigenvalue weighted by Crippen LogP contribution is 2.47. The quantitative estimate of drug-likeness (QED) is 0.284. The van der Waals surface area contributed by atoms with Crippen LogP contribution in [0.3, 0.4) is 0 Å². The van der Waals surface area contributed by atoms with Crippen LogP contribution in [0.1, 0.15) is 0 Å². The van der Waals surface area contributed by atoms with E-state index in [0.29, 0.717) is 0 Å². The van der Waals surface area contributed by atoms with E-state index < -0.39 is 0 Å². The van der Waals surface area contributed by atoms with Crippen molar-refractivity contribution in [2.75, 3.05) is 0 Å². The van der Waals surface area contributed by atoms with Gasteiger partial charge in [-0.15, -0.1) is 0 Å². The van der Waals surface area contributed by atoms with Gasteiger partial charge in [-0.1, -0.05) is 97.1 Å². The van der Waals surface area contributed by atoms with E-state index in [1.165, 1.54) is 65.6 Å². The molecule has 0 bridgehead atoms. The summed E-state index contributed by atoms with van der Waals surface area (Å²) < 4.78 is 0. The molecule has 1 heterocycles.